The summed E-state index contributed by atoms with van der Waals surface area (Å²) < 4.78 is 47.3. The topological polar surface area (TPSA) is 127 Å². The zero-order valence-corrected chi connectivity index (χ0v) is 36.9. The van der Waals surface area contributed by atoms with Gasteiger partial charge in [-0.2, -0.15) is 18.3 Å². The summed E-state index contributed by atoms with van der Waals surface area (Å²) in [6.45, 7) is 12.5. The highest BCUT2D eigenvalue weighted by atomic mass is 19.4. The van der Waals surface area contributed by atoms with E-state index in [9.17, 15) is 27.6 Å². The van der Waals surface area contributed by atoms with Crippen molar-refractivity contribution in [3.05, 3.63) is 112 Å². The van der Waals surface area contributed by atoms with Crippen molar-refractivity contribution in [3.8, 4) is 17.0 Å². The maximum Gasteiger partial charge on any atom is 0.416 e. The molecule has 3 N–H and O–H groups in total. The van der Waals surface area contributed by atoms with Crippen LogP contribution in [0.5, 0.6) is 5.75 Å². The summed E-state index contributed by atoms with van der Waals surface area (Å²) >= 11 is 0. The number of hydrogen-bond donors (Lipinski definition) is 3. The largest absolute Gasteiger partial charge is 0.496 e. The number of alkyl halides is 3. The van der Waals surface area contributed by atoms with Crippen LogP contribution in [0.1, 0.15) is 57.4 Å². The number of carbonyl (C=O) groups is 3. The Kier molecular flexibility index (Phi) is 12.2. The van der Waals surface area contributed by atoms with E-state index in [0.29, 0.717) is 18.9 Å². The molecule has 0 spiro atoms. The summed E-state index contributed by atoms with van der Waals surface area (Å²) in [5.41, 5.74) is 9.05. The zero-order chi connectivity index (χ0) is 45.4. The minimum absolute atomic E-state index is 0.0686. The lowest BCUT2D eigenvalue weighted by molar-refractivity contribution is -0.137. The number of urea groups is 1. The first kappa shape index (κ1) is 43.7. The normalized spacial score (nSPS) is 17.2. The fourth-order valence-corrected chi connectivity index (χ4v) is 9.56. The average Bonchev–Trinajstić information content (AvgIpc) is 3.49. The third kappa shape index (κ3) is 9.35. The van der Waals surface area contributed by atoms with E-state index in [2.05, 4.69) is 67.9 Å². The van der Waals surface area contributed by atoms with Crippen molar-refractivity contribution in [2.75, 3.05) is 79.5 Å². The predicted molar refractivity (Wildman–Crippen MR) is 245 cm³/mol. The van der Waals surface area contributed by atoms with Gasteiger partial charge < -0.3 is 25.2 Å². The van der Waals surface area contributed by atoms with Gasteiger partial charge in [-0.05, 0) is 122 Å². The molecular formula is C49H54F3N9O4. The van der Waals surface area contributed by atoms with E-state index >= 15 is 0 Å². The van der Waals surface area contributed by atoms with Gasteiger partial charge in [-0.25, -0.2) is 9.48 Å². The molecule has 0 bridgehead atoms. The summed E-state index contributed by atoms with van der Waals surface area (Å²) in [7, 11) is 1.32. The Labute approximate surface area is 376 Å². The van der Waals surface area contributed by atoms with Crippen LogP contribution >= 0.6 is 0 Å². The Morgan fingerprint density at radius 1 is 0.800 bits per heavy atom. The molecule has 0 atom stereocenters. The van der Waals surface area contributed by atoms with E-state index in [1.54, 1.807) is 4.90 Å². The average molecular weight is 890 g/mol. The van der Waals surface area contributed by atoms with Crippen molar-refractivity contribution >= 4 is 46.4 Å². The summed E-state index contributed by atoms with van der Waals surface area (Å²) in [4.78, 5) is 46.0. The Morgan fingerprint density at radius 2 is 1.52 bits per heavy atom. The molecule has 0 aliphatic carbocycles. The SMILES string of the molecule is COc1ccc(C(F)(F)F)cc1C(=O)NCc1ccc(-c2nn3c(c2C)Nc2ccc(N4CCN(CC5CCN(c6ccc(N7CCC(=O)NC7=O)cc6)CC5)CC4)cc2CC3)cc1C. The highest BCUT2D eigenvalue weighted by Gasteiger charge is 2.32. The number of aromatic nitrogens is 2. The number of carbonyl (C=O) groups excluding carboxylic acids is 3. The van der Waals surface area contributed by atoms with Gasteiger partial charge in [0.25, 0.3) is 5.91 Å². The monoisotopic (exact) mass is 889 g/mol. The van der Waals surface area contributed by atoms with Crippen LogP contribution in [0.15, 0.2) is 78.9 Å². The van der Waals surface area contributed by atoms with Gasteiger partial charge >= 0.3 is 12.2 Å². The molecule has 3 saturated heterocycles. The lowest BCUT2D eigenvalue weighted by atomic mass is 9.95. The number of amides is 4. The number of nitrogens with zero attached hydrogens (tertiary/aromatic N) is 6. The number of anilines is 5. The number of fused-ring (bicyclic) bond motifs is 2. The second-order valence-corrected chi connectivity index (χ2v) is 17.5. The van der Waals surface area contributed by atoms with Gasteiger partial charge in [0.05, 0.1) is 23.9 Å². The molecule has 4 aliphatic heterocycles. The van der Waals surface area contributed by atoms with E-state index in [1.165, 1.54) is 24.0 Å². The van der Waals surface area contributed by atoms with Gasteiger partial charge in [-0.3, -0.25) is 24.7 Å². The van der Waals surface area contributed by atoms with E-state index in [0.717, 1.165) is 135 Å². The fourth-order valence-electron chi connectivity index (χ4n) is 9.56. The van der Waals surface area contributed by atoms with Crippen LogP contribution in [0.3, 0.4) is 0 Å². The number of methoxy groups -OCH3 is 1. The minimum Gasteiger partial charge on any atom is -0.496 e. The van der Waals surface area contributed by atoms with E-state index < -0.39 is 17.6 Å². The van der Waals surface area contributed by atoms with Crippen molar-refractivity contribution in [3.63, 3.8) is 0 Å². The number of halogens is 3. The minimum atomic E-state index is -4.58. The van der Waals surface area contributed by atoms with Crippen molar-refractivity contribution in [2.24, 2.45) is 5.92 Å². The van der Waals surface area contributed by atoms with Crippen molar-refractivity contribution < 1.29 is 32.3 Å². The molecule has 0 saturated carbocycles. The molecule has 0 unspecified atom stereocenters. The zero-order valence-electron chi connectivity index (χ0n) is 36.9. The number of aryl methyl sites for hydroxylation is 3. The fraction of sp³-hybridized carbons (Fsp3) is 0.388. The number of piperazine rings is 1. The first-order valence-corrected chi connectivity index (χ1v) is 22.4. The Bertz CT molecular complexity index is 2600. The van der Waals surface area contributed by atoms with Gasteiger partial charge in [0.15, 0.2) is 0 Å². The third-order valence-corrected chi connectivity index (χ3v) is 13.4. The number of nitrogens with one attached hydrogen (secondary N) is 3. The molecule has 4 amide bonds. The van der Waals surface area contributed by atoms with Crippen LogP contribution in [0.25, 0.3) is 11.3 Å². The van der Waals surface area contributed by atoms with Gasteiger partial charge in [-0.1, -0.05) is 12.1 Å². The Balaban J connectivity index is 0.761. The lowest BCUT2D eigenvalue weighted by Gasteiger charge is -2.40. The number of rotatable bonds is 10. The molecule has 4 aromatic carbocycles. The quantitative estimate of drug-likeness (QED) is 0.128. The molecule has 1 aromatic heterocycles. The number of ether oxygens (including phenoxy) is 1. The maximum absolute atomic E-state index is 13.4. The van der Waals surface area contributed by atoms with Gasteiger partial charge in [-0.15, -0.1) is 0 Å². The van der Waals surface area contributed by atoms with Crippen molar-refractivity contribution in [1.29, 1.82) is 0 Å². The number of imide groups is 1. The van der Waals surface area contributed by atoms with Crippen LogP contribution < -0.4 is 35.4 Å². The summed E-state index contributed by atoms with van der Waals surface area (Å²) in [5, 5.41) is 13.9. The van der Waals surface area contributed by atoms with E-state index in [1.807, 2.05) is 41.9 Å². The van der Waals surface area contributed by atoms with Crippen LogP contribution in [0, 0.1) is 19.8 Å². The van der Waals surface area contributed by atoms with Crippen LogP contribution in [-0.4, -0.2) is 92.0 Å². The van der Waals surface area contributed by atoms with Gasteiger partial charge in [0.1, 0.15) is 11.6 Å². The summed E-state index contributed by atoms with van der Waals surface area (Å²) in [6.07, 6.45) is -1.14. The number of hydrogen-bond acceptors (Lipinski definition) is 9. The Morgan fingerprint density at radius 3 is 2.23 bits per heavy atom. The van der Waals surface area contributed by atoms with E-state index in [4.69, 9.17) is 9.84 Å². The van der Waals surface area contributed by atoms with Crippen molar-refractivity contribution in [2.45, 2.75) is 58.8 Å². The first-order chi connectivity index (χ1) is 31.3. The molecule has 4 aliphatic rings. The van der Waals surface area contributed by atoms with E-state index in [-0.39, 0.29) is 29.8 Å². The summed E-state index contributed by atoms with van der Waals surface area (Å²) in [6, 6.07) is 23.3. The smallest absolute Gasteiger partial charge is 0.416 e. The summed E-state index contributed by atoms with van der Waals surface area (Å²) in [5.74, 6) is 0.809. The molecule has 3 fully saturated rings. The molecule has 340 valence electrons. The molecular weight excluding hydrogens is 836 g/mol. The van der Waals surface area contributed by atoms with Gasteiger partial charge in [0.2, 0.25) is 5.91 Å². The highest BCUT2D eigenvalue weighted by Crippen LogP contribution is 2.37. The van der Waals surface area contributed by atoms with Crippen LogP contribution in [0.2, 0.25) is 0 Å². The molecule has 13 nitrogen and oxygen atoms in total. The lowest BCUT2D eigenvalue weighted by Crippen LogP contribution is -2.49. The Hall–Kier alpha value is -6.55. The first-order valence-electron chi connectivity index (χ1n) is 22.4. The standard InChI is InChI=1S/C49H54F3N9O4/c1-31-26-35(4-5-36(31)29-53-47(63)41-28-37(49(50,51)52)6-13-43(41)65-3)45-32(2)46-54-42-12-11-40(27-34(42)16-21-61(46)56-45)59-24-22-57(23-25-59)30-33-14-18-58(19-15-33)38-7-9-39(10-8-38)60-20-17-44(62)55-48(60)64/h4-13,26-28,33,54H,14-25,29-30H2,1-3H3,(H,53,63)(H,55,62,64). The molecule has 65 heavy (non-hydrogen) atoms. The molecule has 16 heteroatoms. The molecule has 9 rings (SSSR count). The van der Waals surface area contributed by atoms with Crippen molar-refractivity contribution in [1.82, 2.24) is 25.3 Å². The number of piperidine rings is 1. The number of benzene rings is 4. The van der Waals surface area contributed by atoms with Gasteiger partial charge in [0, 0.05) is 106 Å². The highest BCUT2D eigenvalue weighted by molar-refractivity contribution is 6.05. The molecule has 5 aromatic rings. The van der Waals surface area contributed by atoms with Crippen LogP contribution in [0.4, 0.5) is 46.5 Å². The second-order valence-electron chi connectivity index (χ2n) is 17.5. The second kappa shape index (κ2) is 18.1. The molecule has 5 heterocycles. The van der Waals surface area contributed by atoms with Crippen LogP contribution in [-0.2, 0) is 30.5 Å². The third-order valence-electron chi connectivity index (χ3n) is 13.4. The predicted octanol–water partition coefficient (Wildman–Crippen LogP) is 7.91. The maximum atomic E-state index is 13.4. The molecule has 0 radical (unpaired) electrons.